The molecule has 4 heteroatoms. The van der Waals surface area contributed by atoms with E-state index in [0.29, 0.717) is 11.2 Å². The molecule has 3 nitrogen and oxygen atoms in total. The third-order valence-corrected chi connectivity index (χ3v) is 4.49. The summed E-state index contributed by atoms with van der Waals surface area (Å²) in [6.45, 7) is 8.81. The molecule has 0 radical (unpaired) electrons. The van der Waals surface area contributed by atoms with Gasteiger partial charge in [0.1, 0.15) is 16.8 Å². The zero-order valence-corrected chi connectivity index (χ0v) is 13.8. The number of rotatable bonds is 4. The molecule has 0 amide bonds. The third kappa shape index (κ3) is 3.85. The lowest BCUT2D eigenvalue weighted by molar-refractivity contribution is 0.280. The van der Waals surface area contributed by atoms with Crippen molar-refractivity contribution in [2.45, 2.75) is 65.8 Å². The van der Waals surface area contributed by atoms with E-state index < -0.39 is 0 Å². The minimum atomic E-state index is 0.507. The molecular formula is C16H26ClN3. The Labute approximate surface area is 127 Å². The first-order valence-corrected chi connectivity index (χ1v) is 8.16. The minimum absolute atomic E-state index is 0.507. The summed E-state index contributed by atoms with van der Waals surface area (Å²) >= 11 is 6.24. The van der Waals surface area contributed by atoms with E-state index in [2.05, 4.69) is 36.1 Å². The van der Waals surface area contributed by atoms with Crippen LogP contribution in [0, 0.1) is 18.8 Å². The number of hydrogen-bond donors (Lipinski definition) is 1. The maximum atomic E-state index is 6.24. The molecule has 1 heterocycles. The maximum absolute atomic E-state index is 6.24. The zero-order chi connectivity index (χ0) is 14.7. The number of aromatic nitrogens is 2. The lowest BCUT2D eigenvalue weighted by Gasteiger charge is -2.32. The topological polar surface area (TPSA) is 37.8 Å². The van der Waals surface area contributed by atoms with Crippen LogP contribution in [-0.4, -0.2) is 16.0 Å². The van der Waals surface area contributed by atoms with Crippen LogP contribution in [0.4, 0.5) is 5.82 Å². The first-order valence-electron chi connectivity index (χ1n) is 7.79. The smallest absolute Gasteiger partial charge is 0.137 e. The molecule has 20 heavy (non-hydrogen) atoms. The summed E-state index contributed by atoms with van der Waals surface area (Å²) in [6, 6.07) is 0.507. The van der Waals surface area contributed by atoms with Crippen LogP contribution in [-0.2, 0) is 6.42 Å². The van der Waals surface area contributed by atoms with Crippen LogP contribution in [0.15, 0.2) is 0 Å². The normalized spacial score (nSPS) is 26.6. The number of aryl methyl sites for hydroxylation is 1. The highest BCUT2D eigenvalue weighted by Gasteiger charge is 2.24. The van der Waals surface area contributed by atoms with Gasteiger partial charge in [-0.3, -0.25) is 0 Å². The van der Waals surface area contributed by atoms with E-state index in [4.69, 9.17) is 11.6 Å². The van der Waals surface area contributed by atoms with Crippen molar-refractivity contribution in [2.75, 3.05) is 5.32 Å². The zero-order valence-electron chi connectivity index (χ0n) is 13.0. The third-order valence-electron chi connectivity index (χ3n) is 4.13. The molecule has 1 fully saturated rings. The van der Waals surface area contributed by atoms with Gasteiger partial charge in [-0.25, -0.2) is 9.97 Å². The molecule has 1 aromatic rings. The summed E-state index contributed by atoms with van der Waals surface area (Å²) in [5, 5.41) is 4.20. The van der Waals surface area contributed by atoms with Crippen LogP contribution >= 0.6 is 11.6 Å². The average Bonchev–Trinajstić information content (AvgIpc) is 2.34. The van der Waals surface area contributed by atoms with Gasteiger partial charge in [0.2, 0.25) is 0 Å². The number of nitrogens with one attached hydrogen (secondary N) is 1. The Morgan fingerprint density at radius 3 is 2.40 bits per heavy atom. The summed E-state index contributed by atoms with van der Waals surface area (Å²) < 4.78 is 0. The molecule has 1 aliphatic carbocycles. The van der Waals surface area contributed by atoms with Gasteiger partial charge < -0.3 is 5.32 Å². The van der Waals surface area contributed by atoms with Gasteiger partial charge in [0.25, 0.3) is 0 Å². The van der Waals surface area contributed by atoms with E-state index in [0.717, 1.165) is 41.9 Å². The maximum Gasteiger partial charge on any atom is 0.137 e. The Morgan fingerprint density at radius 2 is 1.80 bits per heavy atom. The fraction of sp³-hybridized carbons (Fsp3) is 0.750. The van der Waals surface area contributed by atoms with Crippen LogP contribution in [0.25, 0.3) is 0 Å². The second-order valence-electron chi connectivity index (χ2n) is 6.41. The van der Waals surface area contributed by atoms with Crippen molar-refractivity contribution in [3.63, 3.8) is 0 Å². The molecule has 1 aromatic heterocycles. The van der Waals surface area contributed by atoms with Crippen LogP contribution < -0.4 is 5.32 Å². The summed E-state index contributed by atoms with van der Waals surface area (Å²) in [6.07, 6.45) is 5.69. The number of halogens is 1. The van der Waals surface area contributed by atoms with Crippen LogP contribution in [0.2, 0.25) is 5.15 Å². The van der Waals surface area contributed by atoms with Crippen molar-refractivity contribution in [3.05, 3.63) is 16.5 Å². The highest BCUT2D eigenvalue weighted by molar-refractivity contribution is 6.30. The van der Waals surface area contributed by atoms with Crippen molar-refractivity contribution in [3.8, 4) is 0 Å². The fourth-order valence-corrected chi connectivity index (χ4v) is 3.45. The molecule has 0 aromatic carbocycles. The van der Waals surface area contributed by atoms with Gasteiger partial charge in [-0.15, -0.1) is 0 Å². The van der Waals surface area contributed by atoms with Crippen molar-refractivity contribution < 1.29 is 0 Å². The predicted molar refractivity (Wildman–Crippen MR) is 85.4 cm³/mol. The van der Waals surface area contributed by atoms with Gasteiger partial charge >= 0.3 is 0 Å². The van der Waals surface area contributed by atoms with E-state index in [1.165, 1.54) is 19.3 Å². The second kappa shape index (κ2) is 6.75. The van der Waals surface area contributed by atoms with E-state index in [-0.39, 0.29) is 0 Å². The van der Waals surface area contributed by atoms with Crippen LogP contribution in [0.3, 0.4) is 0 Å². The molecule has 1 aliphatic rings. The quantitative estimate of drug-likeness (QED) is 0.823. The van der Waals surface area contributed by atoms with Crippen molar-refractivity contribution in [1.82, 2.24) is 9.97 Å². The molecular weight excluding hydrogens is 270 g/mol. The molecule has 0 bridgehead atoms. The molecule has 0 saturated heterocycles. The average molecular weight is 296 g/mol. The predicted octanol–water partition coefficient (Wildman–Crippen LogP) is 4.63. The Bertz CT molecular complexity index is 451. The number of anilines is 1. The van der Waals surface area contributed by atoms with E-state index in [9.17, 15) is 0 Å². The molecule has 2 rings (SSSR count). The van der Waals surface area contributed by atoms with Crippen molar-refractivity contribution in [1.29, 1.82) is 0 Å². The molecule has 2 atom stereocenters. The molecule has 112 valence electrons. The van der Waals surface area contributed by atoms with E-state index in [1.54, 1.807) is 0 Å². The highest BCUT2D eigenvalue weighted by atomic mass is 35.5. The van der Waals surface area contributed by atoms with Gasteiger partial charge in [0.05, 0.1) is 0 Å². The Kier molecular flexibility index (Phi) is 5.25. The summed E-state index contributed by atoms with van der Waals surface area (Å²) in [5.41, 5.74) is 0.970. The van der Waals surface area contributed by atoms with Crippen molar-refractivity contribution >= 4 is 17.4 Å². The Morgan fingerprint density at radius 1 is 1.15 bits per heavy atom. The summed E-state index contributed by atoms with van der Waals surface area (Å²) in [5.74, 6) is 3.34. The largest absolute Gasteiger partial charge is 0.367 e. The van der Waals surface area contributed by atoms with Crippen molar-refractivity contribution in [2.24, 2.45) is 11.8 Å². The van der Waals surface area contributed by atoms with E-state index >= 15 is 0 Å². The SMILES string of the molecule is CCCc1nc(Cl)c(C)c(NC2CC(C)CC(C)C2)n1. The minimum Gasteiger partial charge on any atom is -0.367 e. The molecule has 0 aliphatic heterocycles. The van der Waals surface area contributed by atoms with Gasteiger partial charge in [0.15, 0.2) is 0 Å². The molecule has 2 unspecified atom stereocenters. The summed E-state index contributed by atoms with van der Waals surface area (Å²) in [4.78, 5) is 9.02. The Hall–Kier alpha value is -0.830. The van der Waals surface area contributed by atoms with Gasteiger partial charge in [-0.2, -0.15) is 0 Å². The van der Waals surface area contributed by atoms with Crippen LogP contribution in [0.1, 0.15) is 57.8 Å². The molecule has 1 N–H and O–H groups in total. The standard InChI is InChI=1S/C16H26ClN3/c1-5-6-14-19-15(17)12(4)16(20-14)18-13-8-10(2)7-11(3)9-13/h10-11,13H,5-9H2,1-4H3,(H,18,19,20). The lowest BCUT2D eigenvalue weighted by Crippen LogP contribution is -2.31. The lowest BCUT2D eigenvalue weighted by atomic mass is 9.80. The molecule has 0 spiro atoms. The number of hydrogen-bond acceptors (Lipinski definition) is 3. The van der Waals surface area contributed by atoms with Gasteiger partial charge in [0, 0.05) is 18.0 Å². The second-order valence-corrected chi connectivity index (χ2v) is 6.77. The van der Waals surface area contributed by atoms with E-state index in [1.807, 2.05) is 6.92 Å². The summed E-state index contributed by atoms with van der Waals surface area (Å²) in [7, 11) is 0. The fourth-order valence-electron chi connectivity index (χ4n) is 3.27. The molecule has 1 saturated carbocycles. The van der Waals surface area contributed by atoms with Gasteiger partial charge in [-0.05, 0) is 44.4 Å². The first kappa shape index (κ1) is 15.6. The Balaban J connectivity index is 2.15. The van der Waals surface area contributed by atoms with Crippen LogP contribution in [0.5, 0.6) is 0 Å². The number of nitrogens with zero attached hydrogens (tertiary/aromatic N) is 2. The first-order chi connectivity index (χ1) is 9.49. The highest BCUT2D eigenvalue weighted by Crippen LogP contribution is 2.31. The van der Waals surface area contributed by atoms with Gasteiger partial charge in [-0.1, -0.05) is 32.4 Å². The monoisotopic (exact) mass is 295 g/mol.